The highest BCUT2D eigenvalue weighted by Gasteiger charge is 2.20. The van der Waals surface area contributed by atoms with E-state index in [1.165, 1.54) is 7.05 Å². The van der Waals surface area contributed by atoms with Crippen molar-refractivity contribution in [3.63, 3.8) is 0 Å². The van der Waals surface area contributed by atoms with Crippen molar-refractivity contribution >= 4 is 35.0 Å². The smallest absolute Gasteiger partial charge is 0.253 e. The van der Waals surface area contributed by atoms with Gasteiger partial charge in [0.05, 0.1) is 28.8 Å². The summed E-state index contributed by atoms with van der Waals surface area (Å²) in [6.45, 7) is 3.74. The lowest BCUT2D eigenvalue weighted by Crippen LogP contribution is -2.18. The second kappa shape index (κ2) is 11.1. The molecule has 4 rings (SSSR count). The van der Waals surface area contributed by atoms with Crippen LogP contribution >= 0.6 is 11.6 Å². The fraction of sp³-hybridized carbons (Fsp3) is 0.240. The van der Waals surface area contributed by atoms with Crippen LogP contribution < -0.4 is 16.0 Å². The second-order valence-corrected chi connectivity index (χ2v) is 8.65. The minimum Gasteiger partial charge on any atom is -0.420 e. The minimum absolute atomic E-state index is 0.0570. The van der Waals surface area contributed by atoms with Crippen molar-refractivity contribution < 1.29 is 14.3 Å². The third-order valence-corrected chi connectivity index (χ3v) is 5.66. The largest absolute Gasteiger partial charge is 0.420 e. The number of carbonyl (C=O) groups excluding carboxylic acids is 1. The highest BCUT2D eigenvalue weighted by atomic mass is 35.5. The maximum Gasteiger partial charge on any atom is 0.253 e. The maximum atomic E-state index is 11.9. The van der Waals surface area contributed by atoms with Crippen molar-refractivity contribution in [3.8, 4) is 11.5 Å². The van der Waals surface area contributed by atoms with E-state index in [-0.39, 0.29) is 35.3 Å². The predicted octanol–water partition coefficient (Wildman–Crippen LogP) is 4.55. The van der Waals surface area contributed by atoms with Gasteiger partial charge < -0.3 is 25.5 Å². The quantitative estimate of drug-likeness (QED) is 0.257. The predicted molar refractivity (Wildman–Crippen MR) is 137 cm³/mol. The number of hydrogen-bond acceptors (Lipinski definition) is 9. The molecule has 0 spiro atoms. The van der Waals surface area contributed by atoms with Crippen molar-refractivity contribution in [2.45, 2.75) is 25.8 Å². The standard InChI is InChI=1S/C25H26ClN7O3/c1-14(2)23-32-33-24(36-23)18-12-28-25(29-16-9-10-17(19(26)11-16)22(35)27-3)31-21(18)30-20(13-34)15-7-5-4-6-8-15/h4-12,14,20,34H,13H2,1-3H3,(H,27,35)(H2,28,29,30,31)/t20-/m1/s1. The number of halogens is 1. The molecule has 0 aliphatic carbocycles. The van der Waals surface area contributed by atoms with Crippen LogP contribution in [0.4, 0.5) is 17.5 Å². The fourth-order valence-corrected chi connectivity index (χ4v) is 3.68. The summed E-state index contributed by atoms with van der Waals surface area (Å²) < 4.78 is 5.83. The SMILES string of the molecule is CNC(=O)c1ccc(Nc2ncc(-c3nnc(C(C)C)o3)c(N[C@H](CO)c3ccccc3)n2)cc1Cl. The summed E-state index contributed by atoms with van der Waals surface area (Å²) in [4.78, 5) is 20.9. The number of aliphatic hydroxyl groups excluding tert-OH is 1. The van der Waals surface area contributed by atoms with E-state index in [0.29, 0.717) is 28.5 Å². The first kappa shape index (κ1) is 25.1. The third kappa shape index (κ3) is 5.61. The Morgan fingerprint density at radius 2 is 1.92 bits per heavy atom. The highest BCUT2D eigenvalue weighted by Crippen LogP contribution is 2.31. The Morgan fingerprint density at radius 1 is 1.14 bits per heavy atom. The molecule has 11 heteroatoms. The molecule has 2 heterocycles. The minimum atomic E-state index is -0.443. The monoisotopic (exact) mass is 507 g/mol. The van der Waals surface area contributed by atoms with E-state index in [2.05, 4.69) is 36.1 Å². The van der Waals surface area contributed by atoms with Gasteiger partial charge in [-0.1, -0.05) is 55.8 Å². The zero-order chi connectivity index (χ0) is 25.7. The summed E-state index contributed by atoms with van der Waals surface area (Å²) >= 11 is 6.28. The molecule has 4 aromatic rings. The molecule has 0 fully saturated rings. The molecule has 0 saturated heterocycles. The second-order valence-electron chi connectivity index (χ2n) is 8.24. The van der Waals surface area contributed by atoms with Crippen molar-refractivity contribution in [1.82, 2.24) is 25.5 Å². The third-order valence-electron chi connectivity index (χ3n) is 5.35. The van der Waals surface area contributed by atoms with E-state index in [9.17, 15) is 9.90 Å². The number of aliphatic hydroxyl groups is 1. The molecule has 0 aliphatic heterocycles. The Labute approximate surface area is 213 Å². The molecule has 0 aliphatic rings. The summed E-state index contributed by atoms with van der Waals surface area (Å²) in [6.07, 6.45) is 1.56. The van der Waals surface area contributed by atoms with Gasteiger partial charge in [0.15, 0.2) is 0 Å². The molecule has 36 heavy (non-hydrogen) atoms. The molecular weight excluding hydrogens is 482 g/mol. The topological polar surface area (TPSA) is 138 Å². The van der Waals surface area contributed by atoms with Crippen molar-refractivity contribution in [3.05, 3.63) is 76.8 Å². The Kier molecular flexibility index (Phi) is 7.77. The van der Waals surface area contributed by atoms with Crippen LogP contribution in [0.1, 0.15) is 47.6 Å². The van der Waals surface area contributed by atoms with Crippen LogP contribution in [0.5, 0.6) is 0 Å². The molecule has 0 saturated carbocycles. The van der Waals surface area contributed by atoms with Crippen LogP contribution in [0.2, 0.25) is 5.02 Å². The molecule has 0 radical (unpaired) electrons. The normalized spacial score (nSPS) is 11.8. The van der Waals surface area contributed by atoms with Crippen LogP contribution in [0.15, 0.2) is 59.1 Å². The summed E-state index contributed by atoms with van der Waals surface area (Å²) in [5.74, 6) is 1.18. The van der Waals surface area contributed by atoms with E-state index in [1.54, 1.807) is 24.4 Å². The number of aromatic nitrogens is 4. The van der Waals surface area contributed by atoms with E-state index >= 15 is 0 Å². The van der Waals surface area contributed by atoms with E-state index < -0.39 is 6.04 Å². The molecule has 10 nitrogen and oxygen atoms in total. The van der Waals surface area contributed by atoms with Crippen LogP contribution in [0.3, 0.4) is 0 Å². The van der Waals surface area contributed by atoms with Gasteiger partial charge in [-0.2, -0.15) is 4.98 Å². The van der Waals surface area contributed by atoms with Crippen molar-refractivity contribution in [2.24, 2.45) is 0 Å². The Bertz CT molecular complexity index is 1340. The van der Waals surface area contributed by atoms with Gasteiger partial charge in [0.1, 0.15) is 5.82 Å². The average Bonchev–Trinajstić information content (AvgIpc) is 3.38. The highest BCUT2D eigenvalue weighted by molar-refractivity contribution is 6.34. The molecular formula is C25H26ClN7O3. The van der Waals surface area contributed by atoms with E-state index in [1.807, 2.05) is 44.2 Å². The molecule has 4 N–H and O–H groups in total. The van der Waals surface area contributed by atoms with Gasteiger partial charge >= 0.3 is 0 Å². The zero-order valence-electron chi connectivity index (χ0n) is 20.0. The number of amides is 1. The summed E-state index contributed by atoms with van der Waals surface area (Å²) in [6, 6.07) is 14.0. The Morgan fingerprint density at radius 3 is 2.56 bits per heavy atom. The first-order valence-electron chi connectivity index (χ1n) is 11.3. The molecule has 1 atom stereocenters. The van der Waals surface area contributed by atoms with E-state index in [4.69, 9.17) is 16.0 Å². The van der Waals surface area contributed by atoms with Gasteiger partial charge in [-0.15, -0.1) is 10.2 Å². The molecule has 0 bridgehead atoms. The van der Waals surface area contributed by atoms with Gasteiger partial charge in [0.25, 0.3) is 11.8 Å². The number of nitrogens with zero attached hydrogens (tertiary/aromatic N) is 4. The molecule has 2 aromatic carbocycles. The molecule has 1 amide bonds. The fourth-order valence-electron chi connectivity index (χ4n) is 3.41. The zero-order valence-corrected chi connectivity index (χ0v) is 20.7. The lowest BCUT2D eigenvalue weighted by Gasteiger charge is -2.19. The number of anilines is 3. The number of nitrogens with one attached hydrogen (secondary N) is 3. The van der Waals surface area contributed by atoms with Crippen LogP contribution in [0, 0.1) is 0 Å². The average molecular weight is 508 g/mol. The first-order valence-corrected chi connectivity index (χ1v) is 11.7. The molecule has 0 unspecified atom stereocenters. The molecule has 186 valence electrons. The lowest BCUT2D eigenvalue weighted by molar-refractivity contribution is 0.0963. The van der Waals surface area contributed by atoms with Crippen LogP contribution in [0.25, 0.3) is 11.5 Å². The number of rotatable bonds is 9. The van der Waals surface area contributed by atoms with Crippen molar-refractivity contribution in [2.75, 3.05) is 24.3 Å². The first-order chi connectivity index (χ1) is 17.4. The number of benzene rings is 2. The Balaban J connectivity index is 1.69. The van der Waals surface area contributed by atoms with Gasteiger partial charge in [0.2, 0.25) is 11.8 Å². The van der Waals surface area contributed by atoms with Gasteiger partial charge in [-0.25, -0.2) is 4.98 Å². The van der Waals surface area contributed by atoms with Gasteiger partial charge in [-0.05, 0) is 23.8 Å². The summed E-state index contributed by atoms with van der Waals surface area (Å²) in [5.41, 5.74) is 2.31. The Hall–Kier alpha value is -4.02. The number of carbonyl (C=O) groups is 1. The lowest BCUT2D eigenvalue weighted by atomic mass is 10.1. The van der Waals surface area contributed by atoms with E-state index in [0.717, 1.165) is 5.56 Å². The summed E-state index contributed by atoms with van der Waals surface area (Å²) in [7, 11) is 1.54. The van der Waals surface area contributed by atoms with Gasteiger partial charge in [-0.3, -0.25) is 4.79 Å². The number of hydrogen-bond donors (Lipinski definition) is 4. The van der Waals surface area contributed by atoms with Crippen LogP contribution in [-0.4, -0.2) is 44.8 Å². The van der Waals surface area contributed by atoms with Crippen molar-refractivity contribution in [1.29, 1.82) is 0 Å². The van der Waals surface area contributed by atoms with Gasteiger partial charge in [0, 0.05) is 24.8 Å². The maximum absolute atomic E-state index is 11.9. The summed E-state index contributed by atoms with van der Waals surface area (Å²) in [5, 5.41) is 27.6. The molecule has 2 aromatic heterocycles. The van der Waals surface area contributed by atoms with Crippen LogP contribution in [-0.2, 0) is 0 Å².